The van der Waals surface area contributed by atoms with Crippen LogP contribution in [-0.2, 0) is 20.7 Å². The van der Waals surface area contributed by atoms with Gasteiger partial charge in [0, 0.05) is 24.2 Å². The smallest absolute Gasteiger partial charge is 0.257 e. The molecular formula is C19H25N3O5S. The number of nitrogens with one attached hydrogen (secondary N) is 2. The van der Waals surface area contributed by atoms with Crippen LogP contribution in [0.5, 0.6) is 5.75 Å². The lowest BCUT2D eigenvalue weighted by atomic mass is 10.2. The minimum absolute atomic E-state index is 0.111. The van der Waals surface area contributed by atoms with E-state index in [1.165, 1.54) is 11.3 Å². The lowest BCUT2D eigenvalue weighted by Crippen LogP contribution is -2.36. The van der Waals surface area contributed by atoms with Crippen molar-refractivity contribution in [3.63, 3.8) is 0 Å². The number of methoxy groups -OCH3 is 1. The zero-order chi connectivity index (χ0) is 20.4. The van der Waals surface area contributed by atoms with Gasteiger partial charge < -0.3 is 19.5 Å². The summed E-state index contributed by atoms with van der Waals surface area (Å²) in [5.41, 5.74) is 1.07. The molecule has 0 aliphatic heterocycles. The third kappa shape index (κ3) is 6.91. The van der Waals surface area contributed by atoms with E-state index >= 15 is 0 Å². The molecule has 0 aliphatic rings. The van der Waals surface area contributed by atoms with Crippen LogP contribution in [0.4, 0.5) is 5.13 Å². The van der Waals surface area contributed by atoms with E-state index in [1.807, 2.05) is 13.8 Å². The summed E-state index contributed by atoms with van der Waals surface area (Å²) in [6, 6.07) is 6.77. The minimum Gasteiger partial charge on any atom is -0.497 e. The second-order valence-corrected chi connectivity index (χ2v) is 6.51. The number of carbonyl (C=O) groups is 2. The average molecular weight is 407 g/mol. The van der Waals surface area contributed by atoms with Gasteiger partial charge in [0.15, 0.2) is 11.4 Å². The Hall–Kier alpha value is -2.49. The second kappa shape index (κ2) is 11.4. The number of nitrogens with zero attached hydrogens (tertiary/aromatic N) is 1. The Morgan fingerprint density at radius 2 is 1.82 bits per heavy atom. The van der Waals surface area contributed by atoms with Crippen LogP contribution in [0.3, 0.4) is 0 Å². The van der Waals surface area contributed by atoms with Crippen LogP contribution in [0.15, 0.2) is 29.6 Å². The Bertz CT molecular complexity index is 757. The molecule has 1 aromatic carbocycles. The maximum absolute atomic E-state index is 12.3. The van der Waals surface area contributed by atoms with Gasteiger partial charge in [-0.25, -0.2) is 4.98 Å². The van der Waals surface area contributed by atoms with E-state index in [2.05, 4.69) is 15.6 Å². The molecule has 0 fully saturated rings. The molecular weight excluding hydrogens is 382 g/mol. The molecule has 0 saturated heterocycles. The Kier molecular flexibility index (Phi) is 8.86. The summed E-state index contributed by atoms with van der Waals surface area (Å²) in [5.74, 6) is 0.210. The highest BCUT2D eigenvalue weighted by molar-refractivity contribution is 7.14. The summed E-state index contributed by atoms with van der Waals surface area (Å²) in [4.78, 5) is 28.6. The average Bonchev–Trinajstić information content (AvgIpc) is 3.13. The van der Waals surface area contributed by atoms with Crippen molar-refractivity contribution in [2.24, 2.45) is 0 Å². The number of hydrogen-bond donors (Lipinski definition) is 2. The van der Waals surface area contributed by atoms with Crippen LogP contribution in [0.2, 0.25) is 0 Å². The third-order valence-electron chi connectivity index (χ3n) is 3.64. The summed E-state index contributed by atoms with van der Waals surface area (Å²) >= 11 is 1.27. The van der Waals surface area contributed by atoms with E-state index in [1.54, 1.807) is 36.8 Å². The molecule has 9 heteroatoms. The van der Waals surface area contributed by atoms with Crippen LogP contribution >= 0.6 is 11.3 Å². The number of amides is 2. The normalized spacial score (nSPS) is 10.7. The molecule has 0 atom stereocenters. The summed E-state index contributed by atoms with van der Waals surface area (Å²) in [6.45, 7) is 5.01. The van der Waals surface area contributed by atoms with Gasteiger partial charge in [0.25, 0.3) is 5.91 Å². The third-order valence-corrected chi connectivity index (χ3v) is 4.44. The minimum atomic E-state index is -0.464. The maximum Gasteiger partial charge on any atom is 0.257 e. The fraction of sp³-hybridized carbons (Fsp3) is 0.421. The summed E-state index contributed by atoms with van der Waals surface area (Å²) in [6.07, 6.45) is -0.353. The monoisotopic (exact) mass is 407 g/mol. The molecule has 1 heterocycles. The van der Waals surface area contributed by atoms with Gasteiger partial charge in [-0.3, -0.25) is 14.9 Å². The van der Waals surface area contributed by atoms with Crippen molar-refractivity contribution >= 4 is 28.3 Å². The van der Waals surface area contributed by atoms with Gasteiger partial charge in [-0.05, 0) is 38.1 Å². The summed E-state index contributed by atoms with van der Waals surface area (Å²) in [7, 11) is 1.57. The molecule has 0 spiro atoms. The van der Waals surface area contributed by atoms with Gasteiger partial charge >= 0.3 is 0 Å². The first-order valence-electron chi connectivity index (χ1n) is 8.95. The lowest BCUT2D eigenvalue weighted by Gasteiger charge is -2.17. The van der Waals surface area contributed by atoms with Gasteiger partial charge in [0.1, 0.15) is 5.75 Å². The van der Waals surface area contributed by atoms with Crippen LogP contribution in [-0.4, -0.2) is 50.0 Å². The number of hydrogen-bond acceptors (Lipinski definition) is 7. The zero-order valence-corrected chi connectivity index (χ0v) is 17.0. The number of aromatic nitrogens is 1. The quantitative estimate of drug-likeness (QED) is 0.555. The van der Waals surface area contributed by atoms with E-state index in [0.717, 1.165) is 0 Å². The molecule has 0 aliphatic carbocycles. The molecule has 1 aromatic heterocycles. The van der Waals surface area contributed by atoms with Crippen molar-refractivity contribution in [1.29, 1.82) is 0 Å². The van der Waals surface area contributed by atoms with E-state index in [-0.39, 0.29) is 24.8 Å². The maximum atomic E-state index is 12.3. The fourth-order valence-electron chi connectivity index (χ4n) is 2.32. The molecule has 28 heavy (non-hydrogen) atoms. The zero-order valence-electron chi connectivity index (χ0n) is 16.2. The van der Waals surface area contributed by atoms with Crippen LogP contribution < -0.4 is 15.4 Å². The van der Waals surface area contributed by atoms with E-state index in [9.17, 15) is 9.59 Å². The number of benzene rings is 1. The van der Waals surface area contributed by atoms with Crippen molar-refractivity contribution in [2.45, 2.75) is 26.6 Å². The standard InChI is InChI=1S/C19H25N3O5S/c1-4-26-17(27-5-2)11-20-16(23)10-14-12-28-19(21-14)22-18(24)13-6-8-15(25-3)9-7-13/h6-9,12,17H,4-5,10-11H2,1-3H3,(H,20,23)(H,21,22,24). The van der Waals surface area contributed by atoms with Crippen molar-refractivity contribution in [2.75, 3.05) is 32.2 Å². The molecule has 2 rings (SSSR count). The first kappa shape index (κ1) is 21.8. The molecule has 0 saturated carbocycles. The predicted octanol–water partition coefficient (Wildman–Crippen LogP) is 2.46. The largest absolute Gasteiger partial charge is 0.497 e. The first-order chi connectivity index (χ1) is 13.5. The summed E-state index contributed by atoms with van der Waals surface area (Å²) in [5, 5.41) is 7.67. The van der Waals surface area contributed by atoms with Gasteiger partial charge in [0.05, 0.1) is 25.8 Å². The van der Waals surface area contributed by atoms with Gasteiger partial charge in [-0.15, -0.1) is 11.3 Å². The Labute approximate surface area is 168 Å². The molecule has 2 amide bonds. The van der Waals surface area contributed by atoms with Crippen molar-refractivity contribution in [3.8, 4) is 5.75 Å². The second-order valence-electron chi connectivity index (χ2n) is 5.65. The molecule has 0 bridgehead atoms. The van der Waals surface area contributed by atoms with Crippen LogP contribution in [0.25, 0.3) is 0 Å². The van der Waals surface area contributed by atoms with Crippen molar-refractivity contribution in [3.05, 3.63) is 40.9 Å². The molecule has 2 aromatic rings. The van der Waals surface area contributed by atoms with E-state index < -0.39 is 6.29 Å². The Balaban J connectivity index is 1.83. The lowest BCUT2D eigenvalue weighted by molar-refractivity contribution is -0.140. The van der Waals surface area contributed by atoms with Gasteiger partial charge in [0.2, 0.25) is 5.91 Å². The molecule has 2 N–H and O–H groups in total. The highest BCUT2D eigenvalue weighted by Crippen LogP contribution is 2.18. The summed E-state index contributed by atoms with van der Waals surface area (Å²) < 4.78 is 15.8. The number of thiazole rings is 1. The SMILES string of the molecule is CCOC(CNC(=O)Cc1csc(NC(=O)c2ccc(OC)cc2)n1)OCC. The number of anilines is 1. The highest BCUT2D eigenvalue weighted by atomic mass is 32.1. The Morgan fingerprint density at radius 1 is 1.14 bits per heavy atom. The fourth-order valence-corrected chi connectivity index (χ4v) is 3.02. The van der Waals surface area contributed by atoms with Crippen LogP contribution in [0.1, 0.15) is 29.9 Å². The van der Waals surface area contributed by atoms with Gasteiger partial charge in [-0.1, -0.05) is 0 Å². The number of rotatable bonds is 11. The van der Waals surface area contributed by atoms with Crippen molar-refractivity contribution in [1.82, 2.24) is 10.3 Å². The van der Waals surface area contributed by atoms with E-state index in [0.29, 0.717) is 35.4 Å². The van der Waals surface area contributed by atoms with Crippen LogP contribution in [0, 0.1) is 0 Å². The number of ether oxygens (including phenoxy) is 3. The molecule has 0 radical (unpaired) electrons. The van der Waals surface area contributed by atoms with E-state index in [4.69, 9.17) is 14.2 Å². The Morgan fingerprint density at radius 3 is 2.43 bits per heavy atom. The molecule has 0 unspecified atom stereocenters. The van der Waals surface area contributed by atoms with Crippen molar-refractivity contribution < 1.29 is 23.8 Å². The molecule has 152 valence electrons. The molecule has 8 nitrogen and oxygen atoms in total. The first-order valence-corrected chi connectivity index (χ1v) is 9.83. The predicted molar refractivity (Wildman–Crippen MR) is 107 cm³/mol. The number of carbonyl (C=O) groups excluding carboxylic acids is 2. The topological polar surface area (TPSA) is 98.8 Å². The van der Waals surface area contributed by atoms with Gasteiger partial charge in [-0.2, -0.15) is 0 Å². The highest BCUT2D eigenvalue weighted by Gasteiger charge is 2.13.